The second kappa shape index (κ2) is 3.63. The Morgan fingerprint density at radius 1 is 1.44 bits per heavy atom. The molecule has 0 aliphatic heterocycles. The molecule has 0 amide bonds. The molecule has 0 bridgehead atoms. The molecule has 0 aromatic carbocycles. The van der Waals surface area contributed by atoms with Crippen LogP contribution in [0, 0.1) is 0 Å². The summed E-state index contributed by atoms with van der Waals surface area (Å²) in [4.78, 5) is 0. The van der Waals surface area contributed by atoms with Crippen LogP contribution >= 0.6 is 0 Å². The number of hydrogen-bond donors (Lipinski definition) is 0. The second-order valence-corrected chi connectivity index (χ2v) is 3.72. The average Bonchev–Trinajstić information content (AvgIpc) is 2.34. The SMILES string of the molecule is C=C[CH2][Ru][n]1cccc1. The molecule has 2 heteroatoms. The van der Waals surface area contributed by atoms with Gasteiger partial charge in [-0.15, -0.1) is 0 Å². The topological polar surface area (TPSA) is 4.93 Å². The standard InChI is InChI=1S/C4H4N.C3H5.Ru/c1-2-4-5-3-1;1-3-2;/h1-4H;3H,1-2H2;/q-1;;+1. The van der Waals surface area contributed by atoms with Crippen molar-refractivity contribution in [3.05, 3.63) is 37.2 Å². The molecule has 0 unspecified atom stereocenters. The maximum atomic E-state index is 3.67. The van der Waals surface area contributed by atoms with E-state index >= 15 is 0 Å². The molecule has 0 saturated heterocycles. The van der Waals surface area contributed by atoms with E-state index in [2.05, 4.69) is 34.4 Å². The van der Waals surface area contributed by atoms with Gasteiger partial charge in [-0.3, -0.25) is 0 Å². The van der Waals surface area contributed by atoms with Crippen molar-refractivity contribution in [1.82, 2.24) is 3.31 Å². The normalized spacial score (nSPS) is 9.78. The van der Waals surface area contributed by atoms with Gasteiger partial charge < -0.3 is 0 Å². The van der Waals surface area contributed by atoms with Crippen molar-refractivity contribution < 1.29 is 17.4 Å². The third-order valence-electron chi connectivity index (χ3n) is 0.856. The molecule has 0 aliphatic rings. The zero-order chi connectivity index (χ0) is 6.53. The summed E-state index contributed by atoms with van der Waals surface area (Å²) in [5, 5.41) is 1.14. The zero-order valence-electron chi connectivity index (χ0n) is 5.10. The number of hydrogen-bond acceptors (Lipinski definition) is 0. The Morgan fingerprint density at radius 2 is 2.11 bits per heavy atom. The van der Waals surface area contributed by atoms with Crippen LogP contribution in [0.4, 0.5) is 0 Å². The van der Waals surface area contributed by atoms with Crippen molar-refractivity contribution in [2.75, 3.05) is 0 Å². The first-order valence-electron chi connectivity index (χ1n) is 2.74. The van der Waals surface area contributed by atoms with Gasteiger partial charge in [0.15, 0.2) is 0 Å². The van der Waals surface area contributed by atoms with Crippen molar-refractivity contribution >= 4 is 0 Å². The first-order valence-corrected chi connectivity index (χ1v) is 4.75. The monoisotopic (exact) mass is 209 g/mol. The summed E-state index contributed by atoms with van der Waals surface area (Å²) < 4.78 is 2.23. The van der Waals surface area contributed by atoms with Gasteiger partial charge in [0, 0.05) is 0 Å². The molecule has 0 radical (unpaired) electrons. The van der Waals surface area contributed by atoms with Gasteiger partial charge in [-0.25, -0.2) is 0 Å². The minimum atomic E-state index is 0.325. The van der Waals surface area contributed by atoms with E-state index in [1.807, 2.05) is 6.08 Å². The third-order valence-corrected chi connectivity index (χ3v) is 2.83. The summed E-state index contributed by atoms with van der Waals surface area (Å²) in [5.74, 6) is 0. The summed E-state index contributed by atoms with van der Waals surface area (Å²) >= 11 is 0.325. The first-order chi connectivity index (χ1) is 4.43. The van der Waals surface area contributed by atoms with Crippen LogP contribution in [-0.2, 0) is 17.4 Å². The Kier molecular flexibility index (Phi) is 2.72. The van der Waals surface area contributed by atoms with Gasteiger partial charge in [-0.1, -0.05) is 0 Å². The third kappa shape index (κ3) is 2.15. The summed E-state index contributed by atoms with van der Waals surface area (Å²) in [7, 11) is 0. The molecule has 0 aliphatic carbocycles. The van der Waals surface area contributed by atoms with Crippen molar-refractivity contribution in [3.8, 4) is 0 Å². The van der Waals surface area contributed by atoms with Crippen molar-refractivity contribution in [3.63, 3.8) is 0 Å². The second-order valence-electron chi connectivity index (χ2n) is 1.56. The molecule has 9 heavy (non-hydrogen) atoms. The fourth-order valence-electron chi connectivity index (χ4n) is 0.504. The predicted octanol–water partition coefficient (Wildman–Crippen LogP) is 1.94. The van der Waals surface area contributed by atoms with Crippen LogP contribution in [0.2, 0.25) is 5.02 Å². The maximum absolute atomic E-state index is 3.67. The Labute approximate surface area is 63.2 Å². The Morgan fingerprint density at radius 3 is 2.67 bits per heavy atom. The minimum absolute atomic E-state index is 0.325. The fourth-order valence-corrected chi connectivity index (χ4v) is 1.76. The van der Waals surface area contributed by atoms with Crippen LogP contribution in [0.25, 0.3) is 0 Å². The zero-order valence-corrected chi connectivity index (χ0v) is 6.84. The fraction of sp³-hybridized carbons (Fsp3) is 0.143. The van der Waals surface area contributed by atoms with Crippen LogP contribution < -0.4 is 0 Å². The van der Waals surface area contributed by atoms with Gasteiger partial charge in [0.2, 0.25) is 0 Å². The number of aromatic nitrogens is 1. The van der Waals surface area contributed by atoms with E-state index in [4.69, 9.17) is 0 Å². The summed E-state index contributed by atoms with van der Waals surface area (Å²) in [5.41, 5.74) is 0. The van der Waals surface area contributed by atoms with E-state index < -0.39 is 0 Å². The van der Waals surface area contributed by atoms with E-state index in [0.29, 0.717) is 17.4 Å². The Bertz CT molecular complexity index is 167. The molecule has 0 fully saturated rings. The van der Waals surface area contributed by atoms with Crippen LogP contribution in [-0.4, -0.2) is 3.31 Å². The van der Waals surface area contributed by atoms with E-state index in [1.54, 1.807) is 0 Å². The van der Waals surface area contributed by atoms with E-state index in [-0.39, 0.29) is 0 Å². The van der Waals surface area contributed by atoms with Crippen molar-refractivity contribution in [1.29, 1.82) is 0 Å². The van der Waals surface area contributed by atoms with Gasteiger partial charge in [0.05, 0.1) is 0 Å². The average molecular weight is 208 g/mol. The number of allylic oxidation sites excluding steroid dienone is 1. The molecule has 0 atom stereocenters. The molecule has 1 nitrogen and oxygen atoms in total. The molecule has 50 valence electrons. The molecule has 0 spiro atoms. The van der Waals surface area contributed by atoms with Crippen LogP contribution in [0.15, 0.2) is 37.2 Å². The van der Waals surface area contributed by atoms with Crippen LogP contribution in [0.3, 0.4) is 0 Å². The van der Waals surface area contributed by atoms with Gasteiger partial charge in [0.1, 0.15) is 0 Å². The Hall–Kier alpha value is -0.357. The quantitative estimate of drug-likeness (QED) is 0.528. The van der Waals surface area contributed by atoms with Crippen LogP contribution in [0.5, 0.6) is 0 Å². The molecular weight excluding hydrogens is 199 g/mol. The van der Waals surface area contributed by atoms with E-state index in [0.717, 1.165) is 5.02 Å². The van der Waals surface area contributed by atoms with Gasteiger partial charge in [0.25, 0.3) is 0 Å². The molecule has 1 aromatic heterocycles. The van der Waals surface area contributed by atoms with E-state index in [1.165, 1.54) is 0 Å². The van der Waals surface area contributed by atoms with Crippen molar-refractivity contribution in [2.45, 2.75) is 5.02 Å². The number of rotatable bonds is 3. The van der Waals surface area contributed by atoms with Crippen molar-refractivity contribution in [2.24, 2.45) is 0 Å². The summed E-state index contributed by atoms with van der Waals surface area (Å²) in [6.07, 6.45) is 6.17. The molecule has 1 heterocycles. The Balaban J connectivity index is 2.38. The number of nitrogens with zero attached hydrogens (tertiary/aromatic N) is 1. The molecule has 1 aromatic rings. The van der Waals surface area contributed by atoms with Gasteiger partial charge in [-0.2, -0.15) is 0 Å². The molecule has 0 N–H and O–H groups in total. The summed E-state index contributed by atoms with van der Waals surface area (Å²) in [6, 6.07) is 4.11. The summed E-state index contributed by atoms with van der Waals surface area (Å²) in [6.45, 7) is 3.67. The molecule has 0 saturated carbocycles. The van der Waals surface area contributed by atoms with E-state index in [9.17, 15) is 0 Å². The predicted molar refractivity (Wildman–Crippen MR) is 34.8 cm³/mol. The van der Waals surface area contributed by atoms with Gasteiger partial charge in [-0.05, 0) is 0 Å². The molecular formula is C7H9NRu. The van der Waals surface area contributed by atoms with Crippen LogP contribution in [0.1, 0.15) is 0 Å². The first kappa shape index (κ1) is 6.76. The molecule has 1 rings (SSSR count). The van der Waals surface area contributed by atoms with Gasteiger partial charge >= 0.3 is 62.9 Å².